The normalized spacial score (nSPS) is 13.1. The molecule has 96 valence electrons. The molecule has 3 heteroatoms. The number of nitrogens with one attached hydrogen (secondary N) is 1. The van der Waals surface area contributed by atoms with Crippen LogP contribution in [0.25, 0.3) is 0 Å². The fourth-order valence-corrected chi connectivity index (χ4v) is 2.07. The third-order valence-electron chi connectivity index (χ3n) is 3.32. The van der Waals surface area contributed by atoms with Gasteiger partial charge in [-0.25, -0.2) is 0 Å². The highest BCUT2D eigenvalue weighted by Gasteiger charge is 2.13. The number of hydrogen-bond acceptors (Lipinski definition) is 3. The zero-order chi connectivity index (χ0) is 13.0. The molecule has 0 heterocycles. The van der Waals surface area contributed by atoms with Gasteiger partial charge in [0, 0.05) is 6.04 Å². The van der Waals surface area contributed by atoms with E-state index >= 15 is 0 Å². The molecular weight excluding hydrogens is 210 g/mol. The Morgan fingerprint density at radius 3 is 2.24 bits per heavy atom. The van der Waals surface area contributed by atoms with Crippen LogP contribution in [-0.2, 0) is 0 Å². The largest absolute Gasteiger partial charge is 0.309 e. The molecule has 1 atom stereocenters. The van der Waals surface area contributed by atoms with Crippen LogP contribution in [0.2, 0.25) is 0 Å². The van der Waals surface area contributed by atoms with E-state index in [9.17, 15) is 0 Å². The summed E-state index contributed by atoms with van der Waals surface area (Å²) in [5.41, 5.74) is 8.24. The van der Waals surface area contributed by atoms with Gasteiger partial charge in [-0.05, 0) is 70.1 Å². The third kappa shape index (κ3) is 3.80. The topological polar surface area (TPSA) is 41.3 Å². The van der Waals surface area contributed by atoms with Crippen molar-refractivity contribution >= 4 is 0 Å². The maximum Gasteiger partial charge on any atom is 0.0474 e. The van der Waals surface area contributed by atoms with Crippen LogP contribution in [0.1, 0.15) is 34.7 Å². The minimum Gasteiger partial charge on any atom is -0.309 e. The summed E-state index contributed by atoms with van der Waals surface area (Å²) in [6, 6.07) is 4.73. The maximum atomic E-state index is 5.68. The van der Waals surface area contributed by atoms with Crippen molar-refractivity contribution in [2.24, 2.45) is 5.84 Å². The molecule has 0 radical (unpaired) electrons. The second-order valence-corrected chi connectivity index (χ2v) is 5.10. The van der Waals surface area contributed by atoms with Crippen molar-refractivity contribution in [3.8, 4) is 0 Å². The summed E-state index contributed by atoms with van der Waals surface area (Å²) >= 11 is 0. The average molecular weight is 235 g/mol. The summed E-state index contributed by atoms with van der Waals surface area (Å²) in [6.07, 6.45) is 1.02. The fourth-order valence-electron chi connectivity index (χ4n) is 2.07. The first-order valence-electron chi connectivity index (χ1n) is 6.14. The molecular formula is C14H25N3. The molecule has 0 bridgehead atoms. The van der Waals surface area contributed by atoms with Crippen LogP contribution in [-0.4, -0.2) is 25.5 Å². The molecule has 0 saturated carbocycles. The summed E-state index contributed by atoms with van der Waals surface area (Å²) < 4.78 is 0. The van der Waals surface area contributed by atoms with Gasteiger partial charge in [0.1, 0.15) is 0 Å². The summed E-state index contributed by atoms with van der Waals surface area (Å²) in [4.78, 5) is 2.18. The van der Waals surface area contributed by atoms with Crippen LogP contribution in [0.4, 0.5) is 0 Å². The Labute approximate surface area is 105 Å². The van der Waals surface area contributed by atoms with E-state index < -0.39 is 0 Å². The van der Waals surface area contributed by atoms with E-state index in [4.69, 9.17) is 5.84 Å². The van der Waals surface area contributed by atoms with E-state index in [-0.39, 0.29) is 6.04 Å². The van der Waals surface area contributed by atoms with Gasteiger partial charge in [0.05, 0.1) is 0 Å². The minimum absolute atomic E-state index is 0.233. The van der Waals surface area contributed by atoms with Crippen LogP contribution in [0.5, 0.6) is 0 Å². The Morgan fingerprint density at radius 2 is 1.71 bits per heavy atom. The van der Waals surface area contributed by atoms with Gasteiger partial charge in [-0.1, -0.05) is 12.1 Å². The lowest BCUT2D eigenvalue weighted by Gasteiger charge is -2.21. The first-order valence-corrected chi connectivity index (χ1v) is 6.14. The highest BCUT2D eigenvalue weighted by Crippen LogP contribution is 2.23. The molecule has 0 fully saturated rings. The van der Waals surface area contributed by atoms with Gasteiger partial charge in [-0.2, -0.15) is 0 Å². The molecule has 0 aliphatic carbocycles. The molecule has 1 aromatic rings. The number of benzene rings is 1. The van der Waals surface area contributed by atoms with Gasteiger partial charge in [0.2, 0.25) is 0 Å². The second kappa shape index (κ2) is 6.15. The van der Waals surface area contributed by atoms with Crippen LogP contribution in [0, 0.1) is 20.8 Å². The molecule has 17 heavy (non-hydrogen) atoms. The second-order valence-electron chi connectivity index (χ2n) is 5.10. The molecule has 0 amide bonds. The standard InChI is InChI=1S/C14H25N3/c1-10-8-12(3)13(9-11(10)2)14(16-15)6-7-17(4)5/h8-9,14,16H,6-7,15H2,1-5H3. The smallest absolute Gasteiger partial charge is 0.0474 e. The number of nitrogens with two attached hydrogens (primary N) is 1. The highest BCUT2D eigenvalue weighted by molar-refractivity contribution is 5.38. The van der Waals surface area contributed by atoms with Gasteiger partial charge in [-0.3, -0.25) is 11.3 Å². The molecule has 1 aromatic carbocycles. The predicted octanol–water partition coefficient (Wildman–Crippen LogP) is 2.07. The summed E-state index contributed by atoms with van der Waals surface area (Å²) in [7, 11) is 4.17. The van der Waals surface area contributed by atoms with Crippen molar-refractivity contribution < 1.29 is 0 Å². The summed E-state index contributed by atoms with van der Waals surface area (Å²) in [5.74, 6) is 5.68. The lowest BCUT2D eigenvalue weighted by Crippen LogP contribution is -2.31. The number of aryl methyl sites for hydroxylation is 3. The molecule has 0 saturated heterocycles. The molecule has 3 nitrogen and oxygen atoms in total. The van der Waals surface area contributed by atoms with Gasteiger partial charge in [0.25, 0.3) is 0 Å². The van der Waals surface area contributed by atoms with Crippen LogP contribution in [0.3, 0.4) is 0 Å². The van der Waals surface area contributed by atoms with Crippen molar-refractivity contribution in [2.45, 2.75) is 33.2 Å². The summed E-state index contributed by atoms with van der Waals surface area (Å²) in [5, 5.41) is 0. The Bertz CT molecular complexity index is 372. The van der Waals surface area contributed by atoms with Crippen LogP contribution >= 0.6 is 0 Å². The SMILES string of the molecule is Cc1cc(C)c(C(CCN(C)C)NN)cc1C. The monoisotopic (exact) mass is 235 g/mol. The number of hydrazine groups is 1. The van der Waals surface area contributed by atoms with Gasteiger partial charge in [0.15, 0.2) is 0 Å². The number of rotatable bonds is 5. The van der Waals surface area contributed by atoms with Crippen LogP contribution < -0.4 is 11.3 Å². The third-order valence-corrected chi connectivity index (χ3v) is 3.32. The van der Waals surface area contributed by atoms with Gasteiger partial charge >= 0.3 is 0 Å². The van der Waals surface area contributed by atoms with E-state index in [1.54, 1.807) is 0 Å². The predicted molar refractivity (Wildman–Crippen MR) is 73.9 cm³/mol. The Kier molecular flexibility index (Phi) is 5.12. The van der Waals surface area contributed by atoms with Crippen molar-refractivity contribution in [2.75, 3.05) is 20.6 Å². The zero-order valence-electron chi connectivity index (χ0n) is 11.7. The van der Waals surface area contributed by atoms with Crippen LogP contribution in [0.15, 0.2) is 12.1 Å². The van der Waals surface area contributed by atoms with E-state index in [2.05, 4.69) is 57.3 Å². The highest BCUT2D eigenvalue weighted by atomic mass is 15.2. The molecule has 0 aliphatic heterocycles. The first kappa shape index (κ1) is 14.2. The van der Waals surface area contributed by atoms with E-state index in [1.165, 1.54) is 22.3 Å². The lowest BCUT2D eigenvalue weighted by molar-refractivity contribution is 0.362. The van der Waals surface area contributed by atoms with E-state index in [1.807, 2.05) is 0 Å². The molecule has 1 rings (SSSR count). The van der Waals surface area contributed by atoms with E-state index in [0.717, 1.165) is 13.0 Å². The average Bonchev–Trinajstić information content (AvgIpc) is 2.25. The van der Waals surface area contributed by atoms with Crippen molar-refractivity contribution in [1.82, 2.24) is 10.3 Å². The Hall–Kier alpha value is -0.900. The molecule has 0 aliphatic rings. The van der Waals surface area contributed by atoms with Crippen molar-refractivity contribution in [3.05, 3.63) is 34.4 Å². The Morgan fingerprint density at radius 1 is 1.12 bits per heavy atom. The van der Waals surface area contributed by atoms with E-state index in [0.29, 0.717) is 0 Å². The quantitative estimate of drug-likeness (QED) is 0.606. The molecule has 3 N–H and O–H groups in total. The number of hydrogen-bond donors (Lipinski definition) is 2. The van der Waals surface area contributed by atoms with Gasteiger partial charge in [-0.15, -0.1) is 0 Å². The molecule has 0 aromatic heterocycles. The lowest BCUT2D eigenvalue weighted by atomic mass is 9.94. The first-order chi connectivity index (χ1) is 7.95. The molecule has 1 unspecified atom stereocenters. The molecule has 0 spiro atoms. The minimum atomic E-state index is 0.233. The van der Waals surface area contributed by atoms with Gasteiger partial charge < -0.3 is 4.90 Å². The van der Waals surface area contributed by atoms with Crippen molar-refractivity contribution in [1.29, 1.82) is 0 Å². The maximum absolute atomic E-state index is 5.68. The Balaban J connectivity index is 2.91. The van der Waals surface area contributed by atoms with Crippen molar-refractivity contribution in [3.63, 3.8) is 0 Å². The zero-order valence-corrected chi connectivity index (χ0v) is 11.7. The summed E-state index contributed by atoms with van der Waals surface area (Å²) in [6.45, 7) is 7.48. The number of nitrogens with zero attached hydrogens (tertiary/aromatic N) is 1. The fraction of sp³-hybridized carbons (Fsp3) is 0.571.